The number of aromatic amines is 1. The van der Waals surface area contributed by atoms with Crippen molar-refractivity contribution in [2.45, 2.75) is 32.9 Å². The molecule has 0 bridgehead atoms. The van der Waals surface area contributed by atoms with Crippen LogP contribution in [0.3, 0.4) is 0 Å². The third-order valence-corrected chi connectivity index (χ3v) is 4.66. The molecule has 3 aromatic rings. The van der Waals surface area contributed by atoms with Crippen LogP contribution in [0.1, 0.15) is 29.7 Å². The minimum absolute atomic E-state index is 0.127. The van der Waals surface area contributed by atoms with Crippen molar-refractivity contribution < 1.29 is 0 Å². The number of rotatable bonds is 3. The summed E-state index contributed by atoms with van der Waals surface area (Å²) >= 11 is 0. The van der Waals surface area contributed by atoms with E-state index in [-0.39, 0.29) is 5.56 Å². The van der Waals surface area contributed by atoms with Crippen molar-refractivity contribution >= 4 is 11.0 Å². The lowest BCUT2D eigenvalue weighted by atomic mass is 10.2. The number of hydrogen-bond donors (Lipinski definition) is 1. The summed E-state index contributed by atoms with van der Waals surface area (Å²) in [6, 6.07) is 2.49. The normalized spacial score (nSPS) is 18.7. The summed E-state index contributed by atoms with van der Waals surface area (Å²) in [5.41, 5.74) is 2.75. The molecule has 0 aliphatic carbocycles. The quantitative estimate of drug-likeness (QED) is 0.773. The monoisotopic (exact) mass is 327 g/mol. The first-order valence-electron chi connectivity index (χ1n) is 8.17. The Hall–Kier alpha value is -2.48. The van der Waals surface area contributed by atoms with Crippen LogP contribution < -0.4 is 5.56 Å². The lowest BCUT2D eigenvalue weighted by Gasteiger charge is -2.16. The van der Waals surface area contributed by atoms with E-state index in [0.717, 1.165) is 25.2 Å². The first kappa shape index (κ1) is 15.1. The summed E-state index contributed by atoms with van der Waals surface area (Å²) < 4.78 is 3.76. The second kappa shape index (κ2) is 5.55. The van der Waals surface area contributed by atoms with E-state index >= 15 is 0 Å². The van der Waals surface area contributed by atoms with Gasteiger partial charge in [-0.3, -0.25) is 19.1 Å². The highest BCUT2D eigenvalue weighted by Gasteiger charge is 2.26. The largest absolute Gasteiger partial charge is 0.309 e. The van der Waals surface area contributed by atoms with Gasteiger partial charge in [-0.05, 0) is 26.3 Å². The van der Waals surface area contributed by atoms with E-state index < -0.39 is 0 Å². The fourth-order valence-corrected chi connectivity index (χ4v) is 3.54. The van der Waals surface area contributed by atoms with Gasteiger partial charge in [-0.1, -0.05) is 0 Å². The summed E-state index contributed by atoms with van der Waals surface area (Å²) in [6.45, 7) is 6.63. The van der Waals surface area contributed by atoms with Crippen LogP contribution in [0.4, 0.5) is 0 Å². The molecule has 1 N–H and O–H groups in total. The first-order valence-corrected chi connectivity index (χ1v) is 8.17. The molecule has 0 aromatic carbocycles. The molecule has 0 spiro atoms. The summed E-state index contributed by atoms with van der Waals surface area (Å²) in [7, 11) is 1.80. The van der Waals surface area contributed by atoms with Crippen LogP contribution in [0.2, 0.25) is 0 Å². The SMILES string of the molecule is Cc1cc(C)n([C@H]2CCN(Cc3nc4c(cnn4C)c(=O)[nH]3)C2)n1. The maximum atomic E-state index is 12.1. The van der Waals surface area contributed by atoms with E-state index in [4.69, 9.17) is 0 Å². The fourth-order valence-electron chi connectivity index (χ4n) is 3.54. The number of H-pyrrole nitrogens is 1. The van der Waals surface area contributed by atoms with Crippen LogP contribution in [0.15, 0.2) is 17.1 Å². The van der Waals surface area contributed by atoms with Gasteiger partial charge in [0.05, 0.1) is 24.5 Å². The second-order valence-electron chi connectivity index (χ2n) is 6.57. The standard InChI is InChI=1S/C16H21N7O/c1-10-6-11(2)23(20-10)12-4-5-22(8-12)9-14-18-15-13(16(24)19-14)7-17-21(15)3/h6-7,12H,4-5,8-9H2,1-3H3,(H,18,19,24)/t12-/m0/s1. The maximum absolute atomic E-state index is 12.1. The molecule has 8 heteroatoms. The third kappa shape index (κ3) is 2.52. The first-order chi connectivity index (χ1) is 11.5. The van der Waals surface area contributed by atoms with Gasteiger partial charge in [0, 0.05) is 25.8 Å². The topological polar surface area (TPSA) is 84.6 Å². The highest BCUT2D eigenvalue weighted by molar-refractivity contribution is 5.72. The Labute approximate surface area is 139 Å². The van der Waals surface area contributed by atoms with E-state index in [1.54, 1.807) is 17.9 Å². The summed E-state index contributed by atoms with van der Waals surface area (Å²) in [5, 5.41) is 9.23. The van der Waals surface area contributed by atoms with Crippen molar-refractivity contribution in [3.05, 3.63) is 39.8 Å². The minimum atomic E-state index is -0.127. The summed E-state index contributed by atoms with van der Waals surface area (Å²) in [5.74, 6) is 0.685. The molecular formula is C16H21N7O. The van der Waals surface area contributed by atoms with Crippen LogP contribution in [-0.2, 0) is 13.6 Å². The van der Waals surface area contributed by atoms with Gasteiger partial charge in [-0.2, -0.15) is 10.2 Å². The van der Waals surface area contributed by atoms with E-state index in [2.05, 4.69) is 42.7 Å². The van der Waals surface area contributed by atoms with Crippen LogP contribution in [0.25, 0.3) is 11.0 Å². The zero-order chi connectivity index (χ0) is 16.8. The second-order valence-corrected chi connectivity index (χ2v) is 6.57. The van der Waals surface area contributed by atoms with Gasteiger partial charge < -0.3 is 4.98 Å². The van der Waals surface area contributed by atoms with Crippen LogP contribution >= 0.6 is 0 Å². The molecular weight excluding hydrogens is 306 g/mol. The number of aromatic nitrogens is 6. The molecule has 1 aliphatic heterocycles. The van der Waals surface area contributed by atoms with Gasteiger partial charge in [-0.25, -0.2) is 4.98 Å². The van der Waals surface area contributed by atoms with Gasteiger partial charge >= 0.3 is 0 Å². The molecule has 8 nitrogen and oxygen atoms in total. The van der Waals surface area contributed by atoms with Crippen molar-refractivity contribution in [3.63, 3.8) is 0 Å². The van der Waals surface area contributed by atoms with E-state index in [1.165, 1.54) is 5.69 Å². The number of nitrogens with one attached hydrogen (secondary N) is 1. The molecule has 0 amide bonds. The Morgan fingerprint density at radius 3 is 2.96 bits per heavy atom. The van der Waals surface area contributed by atoms with E-state index in [0.29, 0.717) is 29.4 Å². The van der Waals surface area contributed by atoms with Crippen LogP contribution in [0.5, 0.6) is 0 Å². The zero-order valence-corrected chi connectivity index (χ0v) is 14.2. The Morgan fingerprint density at radius 2 is 2.21 bits per heavy atom. The van der Waals surface area contributed by atoms with Crippen molar-refractivity contribution in [1.29, 1.82) is 0 Å². The third-order valence-electron chi connectivity index (χ3n) is 4.66. The lowest BCUT2D eigenvalue weighted by Crippen LogP contribution is -2.25. The molecule has 0 saturated carbocycles. The van der Waals surface area contributed by atoms with E-state index in [1.807, 2.05) is 6.92 Å². The van der Waals surface area contributed by atoms with Crippen LogP contribution in [-0.4, -0.2) is 47.5 Å². The molecule has 3 aromatic heterocycles. The zero-order valence-electron chi connectivity index (χ0n) is 14.2. The predicted octanol–water partition coefficient (Wildman–Crippen LogP) is 0.917. The molecule has 0 radical (unpaired) electrons. The Bertz CT molecular complexity index is 951. The van der Waals surface area contributed by atoms with Gasteiger partial charge in [-0.15, -0.1) is 0 Å². The average Bonchev–Trinajstić information content (AvgIpc) is 3.20. The number of aryl methyl sites for hydroxylation is 3. The van der Waals surface area contributed by atoms with Gasteiger partial charge in [0.1, 0.15) is 11.2 Å². The predicted molar refractivity (Wildman–Crippen MR) is 89.8 cm³/mol. The van der Waals surface area contributed by atoms with E-state index in [9.17, 15) is 4.79 Å². The molecule has 0 unspecified atom stereocenters. The highest BCUT2D eigenvalue weighted by Crippen LogP contribution is 2.23. The summed E-state index contributed by atoms with van der Waals surface area (Å²) in [6.07, 6.45) is 2.61. The number of fused-ring (bicyclic) bond motifs is 1. The van der Waals surface area contributed by atoms with Gasteiger partial charge in [0.25, 0.3) is 5.56 Å². The summed E-state index contributed by atoms with van der Waals surface area (Å²) in [4.78, 5) is 21.9. The molecule has 1 fully saturated rings. The van der Waals surface area contributed by atoms with Crippen LogP contribution in [0, 0.1) is 13.8 Å². The Morgan fingerprint density at radius 1 is 1.38 bits per heavy atom. The minimum Gasteiger partial charge on any atom is -0.309 e. The molecule has 126 valence electrons. The number of hydrogen-bond acceptors (Lipinski definition) is 5. The van der Waals surface area contributed by atoms with Gasteiger partial charge in [0.15, 0.2) is 5.65 Å². The Balaban J connectivity index is 1.53. The maximum Gasteiger partial charge on any atom is 0.262 e. The molecule has 4 heterocycles. The molecule has 1 saturated heterocycles. The smallest absolute Gasteiger partial charge is 0.262 e. The fraction of sp³-hybridized carbons (Fsp3) is 0.500. The Kier molecular flexibility index (Phi) is 3.49. The molecule has 4 rings (SSSR count). The van der Waals surface area contributed by atoms with Crippen molar-refractivity contribution in [2.75, 3.05) is 13.1 Å². The van der Waals surface area contributed by atoms with Crippen molar-refractivity contribution in [3.8, 4) is 0 Å². The van der Waals surface area contributed by atoms with Crippen molar-refractivity contribution in [1.82, 2.24) is 34.4 Å². The molecule has 1 aliphatic rings. The number of nitrogens with zero attached hydrogens (tertiary/aromatic N) is 6. The average molecular weight is 327 g/mol. The molecule has 1 atom stereocenters. The molecule has 24 heavy (non-hydrogen) atoms. The lowest BCUT2D eigenvalue weighted by molar-refractivity contribution is 0.303. The van der Waals surface area contributed by atoms with Crippen molar-refractivity contribution in [2.24, 2.45) is 7.05 Å². The highest BCUT2D eigenvalue weighted by atomic mass is 16.1. The van der Waals surface area contributed by atoms with Gasteiger partial charge in [0.2, 0.25) is 0 Å². The number of likely N-dealkylation sites (tertiary alicyclic amines) is 1.